The molecule has 0 bridgehead atoms. The third-order valence-corrected chi connectivity index (χ3v) is 7.89. The number of fused-ring (bicyclic) bond motifs is 1. The zero-order chi connectivity index (χ0) is 22.9. The number of carbonyl (C=O) groups excluding carboxylic acids is 1. The van der Waals surface area contributed by atoms with Crippen LogP contribution in [0.5, 0.6) is 0 Å². The van der Waals surface area contributed by atoms with Crippen LogP contribution in [0.25, 0.3) is 10.9 Å². The van der Waals surface area contributed by atoms with Crippen LogP contribution in [0.4, 0.5) is 5.69 Å². The largest absolute Gasteiger partial charge is 0.325 e. The van der Waals surface area contributed by atoms with Gasteiger partial charge in [-0.2, -0.15) is 0 Å². The Morgan fingerprint density at radius 3 is 2.42 bits per heavy atom. The number of nitrogens with zero attached hydrogens (tertiary/aromatic N) is 2. The number of aryl methyl sites for hydroxylation is 3. The molecule has 31 heavy (non-hydrogen) atoms. The summed E-state index contributed by atoms with van der Waals surface area (Å²) in [5, 5.41) is 4.15. The fourth-order valence-electron chi connectivity index (χ4n) is 3.11. The zero-order valence-corrected chi connectivity index (χ0v) is 20.2. The van der Waals surface area contributed by atoms with Crippen molar-refractivity contribution in [1.82, 2.24) is 9.29 Å². The van der Waals surface area contributed by atoms with Crippen molar-refractivity contribution >= 4 is 44.3 Å². The molecule has 3 rings (SSSR count). The van der Waals surface area contributed by atoms with Gasteiger partial charge in [-0.15, -0.1) is 0 Å². The van der Waals surface area contributed by atoms with Gasteiger partial charge >= 0.3 is 0 Å². The molecule has 0 fully saturated rings. The van der Waals surface area contributed by atoms with Gasteiger partial charge in [0.2, 0.25) is 15.9 Å². The van der Waals surface area contributed by atoms with E-state index in [2.05, 4.69) is 10.3 Å². The number of nitrogens with one attached hydrogen (secondary N) is 1. The van der Waals surface area contributed by atoms with Crippen LogP contribution in [0, 0.1) is 20.8 Å². The maximum absolute atomic E-state index is 12.7. The smallest absolute Gasteiger partial charge is 0.242 e. The zero-order valence-electron chi connectivity index (χ0n) is 18.6. The van der Waals surface area contributed by atoms with Crippen molar-refractivity contribution in [3.8, 4) is 0 Å². The van der Waals surface area contributed by atoms with Crippen LogP contribution < -0.4 is 5.32 Å². The third-order valence-electron chi connectivity index (χ3n) is 5.06. The van der Waals surface area contributed by atoms with Gasteiger partial charge in [0.05, 0.1) is 20.7 Å². The fourth-order valence-corrected chi connectivity index (χ4v) is 4.97. The first-order valence-electron chi connectivity index (χ1n) is 9.88. The molecule has 0 aliphatic carbocycles. The van der Waals surface area contributed by atoms with E-state index in [0.29, 0.717) is 5.52 Å². The minimum atomic E-state index is -3.51. The van der Waals surface area contributed by atoms with E-state index in [4.69, 9.17) is 0 Å². The lowest BCUT2D eigenvalue weighted by Gasteiger charge is -2.15. The topological polar surface area (TPSA) is 79.4 Å². The standard InChI is InChI=1S/C23H27N3O3S2/c1-14-7-8-15(2)21(11-14)25-23(27)17(4)30-22-12-16(3)19-13-18(9-10-20(19)24-22)31(28,29)26(5)6/h7-13,17H,1-6H3,(H,25,27)/t17-/m0/s1. The van der Waals surface area contributed by atoms with Gasteiger partial charge in [0.1, 0.15) is 0 Å². The first-order chi connectivity index (χ1) is 14.5. The molecule has 1 N–H and O–H groups in total. The first-order valence-corrected chi connectivity index (χ1v) is 12.2. The molecule has 2 aromatic carbocycles. The summed E-state index contributed by atoms with van der Waals surface area (Å²) >= 11 is 1.37. The highest BCUT2D eigenvalue weighted by Gasteiger charge is 2.20. The van der Waals surface area contributed by atoms with Gasteiger partial charge in [-0.1, -0.05) is 23.9 Å². The van der Waals surface area contributed by atoms with Crippen LogP contribution in [0.1, 0.15) is 23.6 Å². The Labute approximate surface area is 188 Å². The van der Waals surface area contributed by atoms with E-state index in [-0.39, 0.29) is 16.1 Å². The lowest BCUT2D eigenvalue weighted by atomic mass is 10.1. The summed E-state index contributed by atoms with van der Waals surface area (Å²) in [5.41, 5.74) is 4.52. The highest BCUT2D eigenvalue weighted by atomic mass is 32.2. The SMILES string of the molecule is Cc1ccc(C)c(NC(=O)[C@H](C)Sc2cc(C)c3cc(S(=O)(=O)N(C)C)ccc3n2)c1. The number of hydrogen-bond acceptors (Lipinski definition) is 5. The van der Waals surface area contributed by atoms with Gasteiger partial charge in [0.25, 0.3) is 0 Å². The van der Waals surface area contributed by atoms with E-state index in [0.717, 1.165) is 32.8 Å². The second kappa shape index (κ2) is 8.98. The molecule has 0 radical (unpaired) electrons. The molecule has 0 spiro atoms. The summed E-state index contributed by atoms with van der Waals surface area (Å²) in [6.45, 7) is 7.72. The molecule has 3 aromatic rings. The summed E-state index contributed by atoms with van der Waals surface area (Å²) in [6.07, 6.45) is 0. The monoisotopic (exact) mass is 457 g/mol. The molecule has 0 saturated carbocycles. The normalized spacial score (nSPS) is 12.9. The van der Waals surface area contributed by atoms with E-state index in [9.17, 15) is 13.2 Å². The van der Waals surface area contributed by atoms with Crippen molar-refractivity contribution in [3.63, 3.8) is 0 Å². The molecular weight excluding hydrogens is 430 g/mol. The first kappa shape index (κ1) is 23.2. The van der Waals surface area contributed by atoms with Crippen LogP contribution in [-0.4, -0.2) is 43.0 Å². The summed E-state index contributed by atoms with van der Waals surface area (Å²) in [4.78, 5) is 17.6. The van der Waals surface area contributed by atoms with Crippen LogP contribution >= 0.6 is 11.8 Å². The number of sulfonamides is 1. The van der Waals surface area contributed by atoms with Gasteiger partial charge in [-0.25, -0.2) is 17.7 Å². The summed E-state index contributed by atoms with van der Waals surface area (Å²) in [6, 6.07) is 12.8. The quantitative estimate of drug-likeness (QED) is 0.550. The highest BCUT2D eigenvalue weighted by molar-refractivity contribution is 8.00. The maximum Gasteiger partial charge on any atom is 0.242 e. The molecule has 1 atom stereocenters. The number of carbonyl (C=O) groups is 1. The van der Waals surface area contributed by atoms with Crippen molar-refractivity contribution in [2.45, 2.75) is 42.9 Å². The number of rotatable bonds is 6. The van der Waals surface area contributed by atoms with Crippen molar-refractivity contribution in [2.75, 3.05) is 19.4 Å². The molecule has 0 unspecified atom stereocenters. The predicted octanol–water partition coefficient (Wildman–Crippen LogP) is 4.53. The fraction of sp³-hybridized carbons (Fsp3) is 0.304. The third kappa shape index (κ3) is 5.08. The Kier molecular flexibility index (Phi) is 6.73. The van der Waals surface area contributed by atoms with Gasteiger partial charge < -0.3 is 5.32 Å². The molecular formula is C23H27N3O3S2. The number of pyridine rings is 1. The molecule has 164 valence electrons. The number of amides is 1. The molecule has 1 amide bonds. The Bertz CT molecular complexity index is 1250. The maximum atomic E-state index is 12.7. The molecule has 0 saturated heterocycles. The Hall–Kier alpha value is -2.42. The lowest BCUT2D eigenvalue weighted by molar-refractivity contribution is -0.115. The molecule has 0 aliphatic rings. The number of thioether (sulfide) groups is 1. The van der Waals surface area contributed by atoms with Crippen molar-refractivity contribution in [1.29, 1.82) is 0 Å². The van der Waals surface area contributed by atoms with Crippen LogP contribution in [-0.2, 0) is 14.8 Å². The van der Waals surface area contributed by atoms with E-state index >= 15 is 0 Å². The summed E-state index contributed by atoms with van der Waals surface area (Å²) in [7, 11) is -0.497. The van der Waals surface area contributed by atoms with Gasteiger partial charge in [-0.3, -0.25) is 4.79 Å². The predicted molar refractivity (Wildman–Crippen MR) is 127 cm³/mol. The number of aromatic nitrogens is 1. The molecule has 8 heteroatoms. The Balaban J connectivity index is 1.83. The minimum absolute atomic E-state index is 0.0920. The average Bonchev–Trinajstić information content (AvgIpc) is 2.70. The number of benzene rings is 2. The summed E-state index contributed by atoms with van der Waals surface area (Å²) in [5.74, 6) is -0.0920. The van der Waals surface area contributed by atoms with Crippen molar-refractivity contribution in [3.05, 3.63) is 59.2 Å². The average molecular weight is 458 g/mol. The van der Waals surface area contributed by atoms with E-state index in [1.165, 1.54) is 30.2 Å². The Morgan fingerprint density at radius 2 is 1.74 bits per heavy atom. The van der Waals surface area contributed by atoms with Gasteiger partial charge in [0, 0.05) is 25.2 Å². The molecule has 1 heterocycles. The van der Waals surface area contributed by atoms with Crippen LogP contribution in [0.2, 0.25) is 0 Å². The second-order valence-electron chi connectivity index (χ2n) is 7.81. The molecule has 6 nitrogen and oxygen atoms in total. The molecule has 1 aromatic heterocycles. The number of hydrogen-bond donors (Lipinski definition) is 1. The van der Waals surface area contributed by atoms with Crippen LogP contribution in [0.3, 0.4) is 0 Å². The van der Waals surface area contributed by atoms with E-state index in [1.807, 2.05) is 52.0 Å². The Morgan fingerprint density at radius 1 is 1.03 bits per heavy atom. The lowest BCUT2D eigenvalue weighted by Crippen LogP contribution is -2.23. The van der Waals surface area contributed by atoms with Gasteiger partial charge in [0.15, 0.2) is 0 Å². The second-order valence-corrected chi connectivity index (χ2v) is 11.3. The van der Waals surface area contributed by atoms with E-state index in [1.54, 1.807) is 18.2 Å². The van der Waals surface area contributed by atoms with Gasteiger partial charge in [-0.05, 0) is 74.7 Å². The molecule has 0 aliphatic heterocycles. The minimum Gasteiger partial charge on any atom is -0.325 e. The van der Waals surface area contributed by atoms with Crippen molar-refractivity contribution < 1.29 is 13.2 Å². The van der Waals surface area contributed by atoms with Crippen molar-refractivity contribution in [2.24, 2.45) is 0 Å². The van der Waals surface area contributed by atoms with Crippen LogP contribution in [0.15, 0.2) is 52.4 Å². The highest BCUT2D eigenvalue weighted by Crippen LogP contribution is 2.29. The number of anilines is 1. The van der Waals surface area contributed by atoms with E-state index < -0.39 is 10.0 Å². The summed E-state index contributed by atoms with van der Waals surface area (Å²) < 4.78 is 26.0.